The van der Waals surface area contributed by atoms with Crippen LogP contribution in [0.15, 0.2) is 12.4 Å². The van der Waals surface area contributed by atoms with E-state index in [2.05, 4.69) is 20.6 Å². The van der Waals surface area contributed by atoms with Crippen LogP contribution >= 0.6 is 0 Å². The molecule has 3 aromatic rings. The van der Waals surface area contributed by atoms with Gasteiger partial charge in [-0.2, -0.15) is 15.3 Å². The Kier molecular flexibility index (Phi) is 5.04. The van der Waals surface area contributed by atoms with Crippen molar-refractivity contribution >= 4 is 17.6 Å². The number of amides is 1. The molecule has 0 unspecified atom stereocenters. The number of aromatic carboxylic acids is 1. The van der Waals surface area contributed by atoms with Crippen LogP contribution in [0, 0.1) is 20.8 Å². The Hall–Kier alpha value is -3.43. The summed E-state index contributed by atoms with van der Waals surface area (Å²) < 4.78 is 4.97. The maximum absolute atomic E-state index is 12.6. The van der Waals surface area contributed by atoms with E-state index in [1.54, 1.807) is 18.7 Å². The van der Waals surface area contributed by atoms with Crippen molar-refractivity contribution in [2.75, 3.05) is 5.32 Å². The van der Waals surface area contributed by atoms with Gasteiger partial charge in [0.2, 0.25) is 0 Å². The van der Waals surface area contributed by atoms with Gasteiger partial charge in [-0.25, -0.2) is 4.79 Å². The van der Waals surface area contributed by atoms with Gasteiger partial charge in [-0.05, 0) is 27.7 Å². The number of hydrogen-bond acceptors (Lipinski definition) is 5. The first-order chi connectivity index (χ1) is 13.2. The molecule has 0 fully saturated rings. The van der Waals surface area contributed by atoms with Crippen LogP contribution < -0.4 is 5.32 Å². The Labute approximate surface area is 161 Å². The highest BCUT2D eigenvalue weighted by molar-refractivity contribution is 6.09. The Bertz CT molecular complexity index is 1060. The highest BCUT2D eigenvalue weighted by atomic mass is 16.4. The Morgan fingerprint density at radius 1 is 1.11 bits per heavy atom. The molecule has 0 bridgehead atoms. The topological polar surface area (TPSA) is 120 Å². The number of anilines is 1. The molecule has 2 N–H and O–H groups in total. The summed E-state index contributed by atoms with van der Waals surface area (Å²) in [5.41, 5.74) is 3.64. The standard InChI is InChI=1S/C18H23N7O3/c1-6-24-7-13(10(2)20-24)8-25-12(4)15(11(3)21-25)19-17(26)16-14(18(27)28)9-23(5)22-16/h7,9H,6,8H2,1-5H3,(H,19,26)(H,27,28). The Balaban J connectivity index is 1.87. The van der Waals surface area contributed by atoms with Crippen molar-refractivity contribution in [2.45, 2.75) is 40.8 Å². The zero-order valence-electron chi connectivity index (χ0n) is 16.5. The van der Waals surface area contributed by atoms with E-state index in [4.69, 9.17) is 0 Å². The molecule has 0 saturated carbocycles. The molecule has 0 atom stereocenters. The molecule has 148 valence electrons. The third kappa shape index (κ3) is 3.53. The van der Waals surface area contributed by atoms with Crippen LogP contribution in [0.25, 0.3) is 0 Å². The lowest BCUT2D eigenvalue weighted by Crippen LogP contribution is -2.17. The van der Waals surface area contributed by atoms with Gasteiger partial charge in [0.1, 0.15) is 5.56 Å². The molecule has 0 aliphatic carbocycles. The fourth-order valence-corrected chi connectivity index (χ4v) is 3.05. The molecule has 28 heavy (non-hydrogen) atoms. The highest BCUT2D eigenvalue weighted by Gasteiger charge is 2.23. The number of carboxylic acids is 1. The minimum atomic E-state index is -1.20. The summed E-state index contributed by atoms with van der Waals surface area (Å²) >= 11 is 0. The van der Waals surface area contributed by atoms with E-state index in [0.717, 1.165) is 23.5 Å². The Morgan fingerprint density at radius 2 is 1.82 bits per heavy atom. The van der Waals surface area contributed by atoms with Crippen LogP contribution in [0.5, 0.6) is 0 Å². The first kappa shape index (κ1) is 19.3. The maximum Gasteiger partial charge on any atom is 0.339 e. The summed E-state index contributed by atoms with van der Waals surface area (Å²) in [5, 5.41) is 24.9. The summed E-state index contributed by atoms with van der Waals surface area (Å²) in [6, 6.07) is 0. The summed E-state index contributed by atoms with van der Waals surface area (Å²) in [4.78, 5) is 24.0. The fraction of sp³-hybridized carbons (Fsp3) is 0.389. The lowest BCUT2D eigenvalue weighted by molar-refractivity contribution is 0.0692. The van der Waals surface area contributed by atoms with Gasteiger partial charge in [0, 0.05) is 31.5 Å². The molecule has 0 saturated heterocycles. The van der Waals surface area contributed by atoms with Crippen LogP contribution in [0.3, 0.4) is 0 Å². The summed E-state index contributed by atoms with van der Waals surface area (Å²) in [5.74, 6) is -1.79. The van der Waals surface area contributed by atoms with Gasteiger partial charge < -0.3 is 10.4 Å². The average molecular weight is 385 g/mol. The SMILES string of the molecule is CCn1cc(Cn2nc(C)c(NC(=O)c3nn(C)cc3C(=O)O)c2C)c(C)n1. The number of nitrogens with zero attached hydrogens (tertiary/aromatic N) is 6. The van der Waals surface area contributed by atoms with Crippen molar-refractivity contribution in [3.8, 4) is 0 Å². The molecule has 3 aromatic heterocycles. The largest absolute Gasteiger partial charge is 0.478 e. The maximum atomic E-state index is 12.6. The molecule has 10 nitrogen and oxygen atoms in total. The van der Waals surface area contributed by atoms with Crippen LogP contribution in [0.2, 0.25) is 0 Å². The number of carbonyl (C=O) groups is 2. The molecule has 0 aliphatic heterocycles. The second-order valence-corrected chi connectivity index (χ2v) is 6.62. The van der Waals surface area contributed by atoms with Crippen molar-refractivity contribution in [3.63, 3.8) is 0 Å². The first-order valence-corrected chi connectivity index (χ1v) is 8.86. The summed E-state index contributed by atoms with van der Waals surface area (Å²) in [6.07, 6.45) is 3.28. The third-order valence-corrected chi connectivity index (χ3v) is 4.59. The van der Waals surface area contributed by atoms with Gasteiger partial charge in [-0.1, -0.05) is 0 Å². The van der Waals surface area contributed by atoms with Crippen LogP contribution in [-0.2, 0) is 20.1 Å². The van der Waals surface area contributed by atoms with Gasteiger partial charge in [-0.15, -0.1) is 0 Å². The van der Waals surface area contributed by atoms with E-state index in [0.29, 0.717) is 17.9 Å². The quantitative estimate of drug-likeness (QED) is 0.667. The second-order valence-electron chi connectivity index (χ2n) is 6.62. The van der Waals surface area contributed by atoms with Gasteiger partial charge in [0.15, 0.2) is 5.69 Å². The molecule has 1 amide bonds. The normalized spacial score (nSPS) is 11.0. The number of rotatable bonds is 6. The van der Waals surface area contributed by atoms with Crippen LogP contribution in [0.4, 0.5) is 5.69 Å². The molecular weight excluding hydrogens is 362 g/mol. The molecule has 0 radical (unpaired) electrons. The van der Waals surface area contributed by atoms with Gasteiger partial charge in [0.25, 0.3) is 5.91 Å². The van der Waals surface area contributed by atoms with Crippen molar-refractivity contribution in [2.24, 2.45) is 7.05 Å². The molecule has 0 spiro atoms. The number of carboxylic acid groups (broad SMARTS) is 1. The van der Waals surface area contributed by atoms with Crippen LogP contribution in [-0.4, -0.2) is 46.3 Å². The second kappa shape index (κ2) is 7.29. The molecule has 10 heteroatoms. The van der Waals surface area contributed by atoms with E-state index >= 15 is 0 Å². The summed E-state index contributed by atoms with van der Waals surface area (Å²) in [7, 11) is 1.57. The Morgan fingerprint density at radius 3 is 2.43 bits per heavy atom. The van der Waals surface area contributed by atoms with Gasteiger partial charge in [-0.3, -0.25) is 18.8 Å². The van der Waals surface area contributed by atoms with Crippen molar-refractivity contribution in [1.82, 2.24) is 29.3 Å². The third-order valence-electron chi connectivity index (χ3n) is 4.59. The first-order valence-electron chi connectivity index (χ1n) is 8.86. The van der Waals surface area contributed by atoms with Gasteiger partial charge in [0.05, 0.1) is 29.3 Å². The lowest BCUT2D eigenvalue weighted by atomic mass is 10.2. The molecule has 0 aliphatic rings. The number of aryl methyl sites for hydroxylation is 4. The summed E-state index contributed by atoms with van der Waals surface area (Å²) in [6.45, 7) is 8.93. The van der Waals surface area contributed by atoms with E-state index in [1.165, 1.54) is 10.9 Å². The predicted octanol–water partition coefficient (Wildman–Crippen LogP) is 1.76. The minimum Gasteiger partial charge on any atom is -0.478 e. The fourth-order valence-electron chi connectivity index (χ4n) is 3.05. The zero-order chi connectivity index (χ0) is 20.6. The molecule has 3 heterocycles. The zero-order valence-corrected chi connectivity index (χ0v) is 16.5. The van der Waals surface area contributed by atoms with E-state index in [9.17, 15) is 14.7 Å². The minimum absolute atomic E-state index is 0.137. The number of aromatic nitrogens is 6. The number of hydrogen-bond donors (Lipinski definition) is 2. The monoisotopic (exact) mass is 385 g/mol. The smallest absolute Gasteiger partial charge is 0.339 e. The average Bonchev–Trinajstić information content (AvgIpc) is 3.27. The molecule has 0 aromatic carbocycles. The number of carbonyl (C=O) groups excluding carboxylic acids is 1. The van der Waals surface area contributed by atoms with Crippen molar-refractivity contribution in [3.05, 3.63) is 46.3 Å². The number of nitrogens with one attached hydrogen (secondary N) is 1. The van der Waals surface area contributed by atoms with Gasteiger partial charge >= 0.3 is 5.97 Å². The van der Waals surface area contributed by atoms with Crippen LogP contribution in [0.1, 0.15) is 50.4 Å². The lowest BCUT2D eigenvalue weighted by Gasteiger charge is -2.06. The molecular formula is C18H23N7O3. The van der Waals surface area contributed by atoms with E-state index < -0.39 is 11.9 Å². The molecule has 3 rings (SSSR count). The van der Waals surface area contributed by atoms with E-state index in [-0.39, 0.29) is 11.3 Å². The van der Waals surface area contributed by atoms with Crippen molar-refractivity contribution in [1.29, 1.82) is 0 Å². The highest BCUT2D eigenvalue weighted by Crippen LogP contribution is 2.22. The van der Waals surface area contributed by atoms with E-state index in [1.807, 2.05) is 31.6 Å². The predicted molar refractivity (Wildman–Crippen MR) is 102 cm³/mol. The van der Waals surface area contributed by atoms with Crippen molar-refractivity contribution < 1.29 is 14.7 Å².